The van der Waals surface area contributed by atoms with Gasteiger partial charge in [-0.1, -0.05) is 30.3 Å². The molecule has 0 atom stereocenters. The molecule has 11 aromatic rings. The molecule has 18 heteroatoms. The van der Waals surface area contributed by atoms with E-state index in [9.17, 15) is 9.59 Å². The molecule has 0 N–H and O–H groups in total. The van der Waals surface area contributed by atoms with Crippen molar-refractivity contribution in [2.45, 2.75) is 38.5 Å². The Labute approximate surface area is 460 Å². The summed E-state index contributed by atoms with van der Waals surface area (Å²) in [6.07, 6.45) is 1.67. The molecule has 12 rings (SSSR count). The van der Waals surface area contributed by atoms with E-state index in [2.05, 4.69) is 6.07 Å². The second-order valence-corrected chi connectivity index (χ2v) is 28.2. The van der Waals surface area contributed by atoms with Crippen LogP contribution in [-0.4, -0.2) is 30.3 Å². The van der Waals surface area contributed by atoms with Gasteiger partial charge in [0.1, 0.15) is 0 Å². The minimum atomic E-state index is -5.75. The quantitative estimate of drug-likeness (QED) is 0.0852. The minimum Gasteiger partial charge on any atom is -0.297 e. The first kappa shape index (κ1) is 49.7. The van der Waals surface area contributed by atoms with E-state index in [0.717, 1.165) is 93.8 Å². The predicted molar refractivity (Wildman–Crippen MR) is 307 cm³/mol. The van der Waals surface area contributed by atoms with E-state index in [1.807, 2.05) is 72.8 Å². The number of hydrogen-bond donors (Lipinski definition) is 0. The van der Waals surface area contributed by atoms with E-state index >= 15 is 26.3 Å². The summed E-state index contributed by atoms with van der Waals surface area (Å²) in [6.45, 7) is 4.65. The highest BCUT2D eigenvalue weighted by molar-refractivity contribution is 7.32. The van der Waals surface area contributed by atoms with Crippen molar-refractivity contribution in [3.05, 3.63) is 164 Å². The molecule has 10 aromatic heterocycles. The summed E-state index contributed by atoms with van der Waals surface area (Å²) in [6, 6.07) is 40.0. The summed E-state index contributed by atoms with van der Waals surface area (Å²) in [5.41, 5.74) is -2.17. The zero-order valence-electron chi connectivity index (χ0n) is 38.4. The van der Waals surface area contributed by atoms with Crippen molar-refractivity contribution in [1.29, 1.82) is 0 Å². The van der Waals surface area contributed by atoms with Crippen LogP contribution in [0.1, 0.15) is 46.5 Å². The van der Waals surface area contributed by atoms with Crippen LogP contribution in [0.5, 0.6) is 0 Å². The molecule has 370 valence electrons. The molecule has 74 heavy (non-hydrogen) atoms. The van der Waals surface area contributed by atoms with Gasteiger partial charge in [0.15, 0.2) is 12.6 Å². The van der Waals surface area contributed by atoms with Crippen molar-refractivity contribution in [1.82, 2.24) is 0 Å². The van der Waals surface area contributed by atoms with Crippen LogP contribution in [0.25, 0.3) is 99.6 Å². The van der Waals surface area contributed by atoms with Gasteiger partial charge >= 0.3 is 17.8 Å². The van der Waals surface area contributed by atoms with Crippen molar-refractivity contribution in [3.8, 4) is 88.5 Å². The van der Waals surface area contributed by atoms with Crippen LogP contribution in [0.15, 0.2) is 127 Å². The number of rotatable bonds is 13. The lowest BCUT2D eigenvalue weighted by molar-refractivity contribution is -0.254. The smallest absolute Gasteiger partial charge is 0.297 e. The lowest BCUT2D eigenvalue weighted by Crippen LogP contribution is -2.49. The highest BCUT2D eigenvalue weighted by atomic mass is 32.1. The van der Waals surface area contributed by atoms with Crippen molar-refractivity contribution < 1.29 is 35.9 Å². The van der Waals surface area contributed by atoms with E-state index < -0.39 is 28.9 Å². The highest BCUT2D eigenvalue weighted by Gasteiger charge is 2.80. The van der Waals surface area contributed by atoms with Crippen LogP contribution in [-0.2, 0) is 0 Å². The number of aryl methyl sites for hydroxylation is 1. The fourth-order valence-corrected chi connectivity index (χ4v) is 20.2. The van der Waals surface area contributed by atoms with Crippen LogP contribution in [0.2, 0.25) is 0 Å². The monoisotopic (exact) mass is 1170 g/mol. The van der Waals surface area contributed by atoms with Gasteiger partial charge in [-0.15, -0.1) is 113 Å². The van der Waals surface area contributed by atoms with Gasteiger partial charge in [0.05, 0.1) is 14.6 Å². The molecule has 0 aliphatic heterocycles. The Balaban J connectivity index is 0.980. The van der Waals surface area contributed by atoms with Gasteiger partial charge in [0.2, 0.25) is 0 Å². The molecular formula is C56H32F6O2S10. The second-order valence-electron chi connectivity index (χ2n) is 17.2. The number of hydrogen-bond acceptors (Lipinski definition) is 12. The minimum absolute atomic E-state index is 0.210. The van der Waals surface area contributed by atoms with E-state index in [4.69, 9.17) is 0 Å². The van der Waals surface area contributed by atoms with Gasteiger partial charge < -0.3 is 0 Å². The molecule has 0 saturated heterocycles. The number of aldehydes is 2. The maximum atomic E-state index is 17.1. The van der Waals surface area contributed by atoms with Crippen LogP contribution < -0.4 is 0 Å². The zero-order valence-corrected chi connectivity index (χ0v) is 46.6. The average molecular weight is 1170 g/mol. The van der Waals surface area contributed by atoms with Gasteiger partial charge in [-0.3, -0.25) is 9.59 Å². The molecule has 1 aromatic carbocycles. The van der Waals surface area contributed by atoms with E-state index in [-0.39, 0.29) is 32.0 Å². The molecule has 0 unspecified atom stereocenters. The standard InChI is InChI=1S/C56H32F6O2S10/c1-27-47(29(3)65-51(27)30-7-5-4-6-8-30)49-50(55(59,60)56(61,62)54(49,57)58)48-28(2)52(45-23-21-43(72-45)41-19-17-39(70-41)37-15-13-35(68-37)33-11-9-31(25-63)66-33)74-53(48)46-24-22-44(73-46)42-20-18-40(71-42)38-16-14-36(69-38)34-12-10-32(26-64)67-34/h4-26H,1-3H3. The van der Waals surface area contributed by atoms with Crippen molar-refractivity contribution in [3.63, 3.8) is 0 Å². The van der Waals surface area contributed by atoms with Gasteiger partial charge in [-0.2, -0.15) is 26.3 Å². The lowest BCUT2D eigenvalue weighted by atomic mass is 9.90. The predicted octanol–water partition coefficient (Wildman–Crippen LogP) is 21.7. The summed E-state index contributed by atoms with van der Waals surface area (Å²) in [4.78, 5) is 38.3. The fraction of sp³-hybridized carbons (Fsp3) is 0.107. The number of allylic oxidation sites excluding steroid dienone is 2. The zero-order chi connectivity index (χ0) is 51.4. The van der Waals surface area contributed by atoms with E-state index in [0.29, 0.717) is 34.8 Å². The maximum Gasteiger partial charge on any atom is 0.380 e. The van der Waals surface area contributed by atoms with E-state index in [1.165, 1.54) is 52.3 Å². The van der Waals surface area contributed by atoms with Crippen LogP contribution >= 0.6 is 113 Å². The summed E-state index contributed by atoms with van der Waals surface area (Å²) in [5, 5.41) is 0. The molecule has 2 nitrogen and oxygen atoms in total. The normalized spacial score (nSPS) is 14.9. The average Bonchev–Trinajstić information content (AvgIpc) is 4.23. The third-order valence-electron chi connectivity index (χ3n) is 12.7. The summed E-state index contributed by atoms with van der Waals surface area (Å²) >= 11 is 14.2. The van der Waals surface area contributed by atoms with Gasteiger partial charge in [-0.25, -0.2) is 0 Å². The largest absolute Gasteiger partial charge is 0.380 e. The maximum absolute atomic E-state index is 17.1. The third-order valence-corrected chi connectivity index (χ3v) is 25.3. The lowest BCUT2D eigenvalue weighted by Gasteiger charge is -2.26. The number of carbonyl (C=O) groups excluding carboxylic acids is 2. The van der Waals surface area contributed by atoms with Crippen LogP contribution in [0, 0.1) is 20.8 Å². The Morgan fingerprint density at radius 2 is 0.662 bits per heavy atom. The molecule has 0 bridgehead atoms. The van der Waals surface area contributed by atoms with Gasteiger partial charge in [-0.05, 0) is 135 Å². The Kier molecular flexibility index (Phi) is 12.7. The third kappa shape index (κ3) is 8.14. The molecule has 0 amide bonds. The van der Waals surface area contributed by atoms with Crippen molar-refractivity contribution in [2.75, 3.05) is 0 Å². The summed E-state index contributed by atoms with van der Waals surface area (Å²) < 4.78 is 101. The first-order chi connectivity index (χ1) is 35.6. The topological polar surface area (TPSA) is 34.1 Å². The Bertz CT molecular complexity index is 4000. The fourth-order valence-electron chi connectivity index (χ4n) is 9.19. The Morgan fingerprint density at radius 1 is 0.338 bits per heavy atom. The Hall–Kier alpha value is -5.12. The Morgan fingerprint density at radius 3 is 1.05 bits per heavy atom. The van der Waals surface area contributed by atoms with Crippen LogP contribution in [0.4, 0.5) is 26.3 Å². The number of halogens is 6. The van der Waals surface area contributed by atoms with Gasteiger partial charge in [0.25, 0.3) is 0 Å². The van der Waals surface area contributed by atoms with Gasteiger partial charge in [0, 0.05) is 105 Å². The molecule has 1 aliphatic rings. The first-order valence-electron chi connectivity index (χ1n) is 22.5. The van der Waals surface area contributed by atoms with E-state index in [1.54, 1.807) is 108 Å². The molecular weight excluding hydrogens is 1140 g/mol. The summed E-state index contributed by atoms with van der Waals surface area (Å²) in [5.74, 6) is -16.3. The first-order valence-corrected chi connectivity index (χ1v) is 30.6. The number of alkyl halides is 6. The number of thiophene rings is 10. The number of carbonyl (C=O) groups is 2. The molecule has 1 aliphatic carbocycles. The molecule has 0 spiro atoms. The SMILES string of the molecule is Cc1sc(-c2ccccc2)c(C)c1C1=C(c2c(-c3ccc(-c4ccc(-c5ccc(-c6ccc(C=O)s6)s5)s4)s3)sc(-c3ccc(-c4ccc(-c5ccc(-c6ccc(C=O)s6)s5)s4)s3)c2C)C(F)(F)C(F)(F)C1(F)F. The summed E-state index contributed by atoms with van der Waals surface area (Å²) in [7, 11) is 0. The molecule has 10 heterocycles. The van der Waals surface area contributed by atoms with Crippen LogP contribution in [0.3, 0.4) is 0 Å². The van der Waals surface area contributed by atoms with Crippen molar-refractivity contribution >= 4 is 137 Å². The second kappa shape index (κ2) is 18.9. The molecule has 0 radical (unpaired) electrons. The highest BCUT2D eigenvalue weighted by Crippen LogP contribution is 2.68. The molecule has 0 saturated carbocycles. The van der Waals surface area contributed by atoms with Crippen molar-refractivity contribution in [2.24, 2.45) is 0 Å². The molecule has 0 fully saturated rings. The number of benzene rings is 1.